The summed E-state index contributed by atoms with van der Waals surface area (Å²) in [7, 11) is 0. The smallest absolute Gasteiger partial charge is 0.251 e. The number of nitrogen functional groups attached to an aromatic ring is 1. The quantitative estimate of drug-likeness (QED) is 0.669. The molecule has 5 rings (SSSR count). The highest BCUT2D eigenvalue weighted by Crippen LogP contribution is 2.36. The summed E-state index contributed by atoms with van der Waals surface area (Å²) in [6.07, 6.45) is 6.01. The number of carbonyl (C=O) groups excluding carboxylic acids is 1. The Labute approximate surface area is 172 Å². The van der Waals surface area contributed by atoms with E-state index in [9.17, 15) is 9.59 Å². The van der Waals surface area contributed by atoms with E-state index in [0.717, 1.165) is 17.7 Å². The Hall–Kier alpha value is -3.56. The largest absolute Gasteiger partial charge is 0.384 e. The molecule has 0 aromatic carbocycles. The van der Waals surface area contributed by atoms with Crippen LogP contribution in [0, 0.1) is 5.92 Å². The average Bonchev–Trinajstić information content (AvgIpc) is 3.26. The Morgan fingerprint density at radius 3 is 2.73 bits per heavy atom. The summed E-state index contributed by atoms with van der Waals surface area (Å²) in [5.74, 6) is 0.894. The fourth-order valence-electron chi connectivity index (χ4n) is 4.56. The topological polar surface area (TPSA) is 125 Å². The van der Waals surface area contributed by atoms with E-state index in [1.807, 2.05) is 15.5 Å². The van der Waals surface area contributed by atoms with Crippen molar-refractivity contribution in [2.75, 3.05) is 18.8 Å². The van der Waals surface area contributed by atoms with Crippen molar-refractivity contribution in [1.82, 2.24) is 34.2 Å². The molecule has 30 heavy (non-hydrogen) atoms. The van der Waals surface area contributed by atoms with Gasteiger partial charge in [-0.2, -0.15) is 0 Å². The van der Waals surface area contributed by atoms with Crippen LogP contribution in [0.4, 0.5) is 5.82 Å². The van der Waals surface area contributed by atoms with E-state index in [1.54, 1.807) is 29.4 Å². The van der Waals surface area contributed by atoms with Crippen molar-refractivity contribution in [2.45, 2.75) is 31.8 Å². The highest BCUT2D eigenvalue weighted by Gasteiger charge is 2.36. The number of aromatic nitrogens is 6. The average molecular weight is 406 g/mol. The molecular formula is C20H22N8O2. The number of hydrogen-bond acceptors (Lipinski definition) is 7. The van der Waals surface area contributed by atoms with Crippen LogP contribution in [0.2, 0.25) is 0 Å². The molecule has 10 heteroatoms. The molecule has 154 valence electrons. The lowest BCUT2D eigenvalue weighted by atomic mass is 9.82. The van der Waals surface area contributed by atoms with E-state index in [0.29, 0.717) is 44.1 Å². The molecule has 1 amide bonds. The van der Waals surface area contributed by atoms with Crippen molar-refractivity contribution in [3.05, 3.63) is 53.2 Å². The minimum atomic E-state index is -0.0400. The van der Waals surface area contributed by atoms with Crippen LogP contribution in [0.3, 0.4) is 0 Å². The van der Waals surface area contributed by atoms with Crippen molar-refractivity contribution in [3.8, 4) is 11.3 Å². The first kappa shape index (κ1) is 18.5. The van der Waals surface area contributed by atoms with Gasteiger partial charge in [0.2, 0.25) is 5.91 Å². The molecule has 2 aliphatic heterocycles. The van der Waals surface area contributed by atoms with Crippen LogP contribution < -0.4 is 11.3 Å². The van der Waals surface area contributed by atoms with E-state index in [4.69, 9.17) is 5.73 Å². The highest BCUT2D eigenvalue weighted by atomic mass is 16.2. The summed E-state index contributed by atoms with van der Waals surface area (Å²) in [5, 5.41) is 7.54. The number of aryl methyl sites for hydroxylation is 1. The van der Waals surface area contributed by atoms with Crippen molar-refractivity contribution >= 4 is 11.7 Å². The maximum absolute atomic E-state index is 12.8. The number of hydrogen-bond donors (Lipinski definition) is 1. The molecule has 0 aliphatic carbocycles. The molecule has 1 fully saturated rings. The van der Waals surface area contributed by atoms with Gasteiger partial charge in [0.15, 0.2) is 0 Å². The predicted octanol–water partition coefficient (Wildman–Crippen LogP) is 0.515. The summed E-state index contributed by atoms with van der Waals surface area (Å²) in [6.45, 7) is 2.50. The van der Waals surface area contributed by atoms with E-state index >= 15 is 0 Å². The third-order valence-corrected chi connectivity index (χ3v) is 5.94. The summed E-state index contributed by atoms with van der Waals surface area (Å²) >= 11 is 0. The van der Waals surface area contributed by atoms with Gasteiger partial charge in [0.1, 0.15) is 24.8 Å². The van der Waals surface area contributed by atoms with Crippen LogP contribution in [-0.2, 0) is 17.9 Å². The van der Waals surface area contributed by atoms with Gasteiger partial charge in [-0.15, -0.1) is 10.2 Å². The van der Waals surface area contributed by atoms with Gasteiger partial charge in [0, 0.05) is 61.9 Å². The third-order valence-electron chi connectivity index (χ3n) is 5.94. The van der Waals surface area contributed by atoms with E-state index in [1.165, 1.54) is 6.33 Å². The molecule has 0 saturated carbocycles. The lowest BCUT2D eigenvalue weighted by Crippen LogP contribution is -2.49. The van der Waals surface area contributed by atoms with E-state index in [-0.39, 0.29) is 23.3 Å². The van der Waals surface area contributed by atoms with Crippen LogP contribution in [0.25, 0.3) is 11.3 Å². The molecule has 3 aromatic rings. The lowest BCUT2D eigenvalue weighted by molar-refractivity contribution is -0.134. The Balaban J connectivity index is 1.39. The minimum Gasteiger partial charge on any atom is -0.384 e. The fourth-order valence-corrected chi connectivity index (χ4v) is 4.56. The number of amides is 1. The van der Waals surface area contributed by atoms with Gasteiger partial charge in [-0.3, -0.25) is 9.59 Å². The molecule has 5 heterocycles. The molecule has 1 saturated heterocycles. The zero-order chi connectivity index (χ0) is 20.7. The number of nitrogens with zero attached hydrogens (tertiary/aromatic N) is 7. The molecule has 0 radical (unpaired) electrons. The number of rotatable bonds is 4. The Bertz CT molecular complexity index is 1140. The van der Waals surface area contributed by atoms with Crippen LogP contribution in [0.1, 0.15) is 24.5 Å². The molecule has 2 aliphatic rings. The molecule has 3 aromatic heterocycles. The minimum absolute atomic E-state index is 0.0400. The first-order valence-electron chi connectivity index (χ1n) is 9.99. The van der Waals surface area contributed by atoms with Gasteiger partial charge in [0.25, 0.3) is 5.56 Å². The Morgan fingerprint density at radius 1 is 1.10 bits per heavy atom. The standard InChI is InChI=1S/C20H22N8O2/c21-18-6-16(22-10-23-18)14-4-17-15-3-13(8-28(17)20(30)5-14)7-27(9-15)19(29)1-2-26-11-24-25-12-26/h4-6,10-13,15H,1-3,7-9H2,(H2,21,22,23)/t13-,15+/m0/s1. The normalized spacial score (nSPS) is 20.1. The van der Waals surface area contributed by atoms with Crippen molar-refractivity contribution in [1.29, 1.82) is 0 Å². The number of piperidine rings is 1. The van der Waals surface area contributed by atoms with Crippen LogP contribution in [0.5, 0.6) is 0 Å². The van der Waals surface area contributed by atoms with Gasteiger partial charge in [-0.25, -0.2) is 9.97 Å². The van der Waals surface area contributed by atoms with E-state index < -0.39 is 0 Å². The summed E-state index contributed by atoms with van der Waals surface area (Å²) in [4.78, 5) is 35.7. The maximum atomic E-state index is 12.8. The van der Waals surface area contributed by atoms with Crippen LogP contribution in [-0.4, -0.2) is 53.2 Å². The summed E-state index contributed by atoms with van der Waals surface area (Å²) < 4.78 is 3.66. The second-order valence-corrected chi connectivity index (χ2v) is 7.99. The number of nitrogens with two attached hydrogens (primary N) is 1. The van der Waals surface area contributed by atoms with Crippen LogP contribution in [0.15, 0.2) is 42.0 Å². The molecular weight excluding hydrogens is 384 g/mol. The third kappa shape index (κ3) is 3.44. The SMILES string of the molecule is Nc1cc(-c2cc3n(c(=O)c2)C[C@H]2C[C@@H]3CN(C(=O)CCn3cnnc3)C2)ncn1. The van der Waals surface area contributed by atoms with Gasteiger partial charge in [-0.05, 0) is 18.4 Å². The Morgan fingerprint density at radius 2 is 1.93 bits per heavy atom. The Kier molecular flexibility index (Phi) is 4.53. The number of anilines is 1. The molecule has 0 unspecified atom stereocenters. The van der Waals surface area contributed by atoms with Gasteiger partial charge in [0.05, 0.1) is 5.69 Å². The zero-order valence-corrected chi connectivity index (χ0v) is 16.4. The van der Waals surface area contributed by atoms with Gasteiger partial charge >= 0.3 is 0 Å². The van der Waals surface area contributed by atoms with Crippen molar-refractivity contribution in [3.63, 3.8) is 0 Å². The monoisotopic (exact) mass is 406 g/mol. The van der Waals surface area contributed by atoms with Crippen molar-refractivity contribution < 1.29 is 4.79 Å². The molecule has 2 bridgehead atoms. The second-order valence-electron chi connectivity index (χ2n) is 7.99. The maximum Gasteiger partial charge on any atom is 0.251 e. The molecule has 0 spiro atoms. The first-order chi connectivity index (χ1) is 14.6. The zero-order valence-electron chi connectivity index (χ0n) is 16.4. The molecule has 2 atom stereocenters. The molecule has 2 N–H and O–H groups in total. The summed E-state index contributed by atoms with van der Waals surface area (Å²) in [6, 6.07) is 5.28. The number of likely N-dealkylation sites (tertiary alicyclic amines) is 1. The van der Waals surface area contributed by atoms with Gasteiger partial charge < -0.3 is 19.8 Å². The van der Waals surface area contributed by atoms with Gasteiger partial charge in [-0.1, -0.05) is 0 Å². The number of pyridine rings is 1. The first-order valence-corrected chi connectivity index (χ1v) is 9.99. The van der Waals surface area contributed by atoms with Crippen LogP contribution >= 0.6 is 0 Å². The second kappa shape index (κ2) is 7.36. The number of fused-ring (bicyclic) bond motifs is 4. The van der Waals surface area contributed by atoms with Crippen molar-refractivity contribution in [2.24, 2.45) is 5.92 Å². The molecule has 10 nitrogen and oxygen atoms in total. The number of carbonyl (C=O) groups is 1. The summed E-state index contributed by atoms with van der Waals surface area (Å²) in [5.41, 5.74) is 8.06. The van der Waals surface area contributed by atoms with E-state index in [2.05, 4.69) is 20.2 Å². The predicted molar refractivity (Wildman–Crippen MR) is 108 cm³/mol. The highest BCUT2D eigenvalue weighted by molar-refractivity contribution is 5.76. The lowest BCUT2D eigenvalue weighted by Gasteiger charge is -2.43. The fraction of sp³-hybridized carbons (Fsp3) is 0.400.